The average molecular weight is 186 g/mol. The van der Waals surface area contributed by atoms with Gasteiger partial charge in [-0.3, -0.25) is 0 Å². The lowest BCUT2D eigenvalue weighted by Crippen LogP contribution is -1.69. The zero-order chi connectivity index (χ0) is 8.10. The van der Waals surface area contributed by atoms with E-state index in [0.29, 0.717) is 10.1 Å². The first-order valence-corrected chi connectivity index (χ1v) is 4.51. The molecule has 0 aromatic heterocycles. The van der Waals surface area contributed by atoms with Crippen LogP contribution in [-0.4, -0.2) is 17.2 Å². The predicted molar refractivity (Wildman–Crippen MR) is 43.3 cm³/mol. The highest BCUT2D eigenvalue weighted by Gasteiger charge is 2.14. The van der Waals surface area contributed by atoms with E-state index in [-0.39, 0.29) is 0 Å². The minimum atomic E-state index is 0.452. The molecule has 1 rings (SSSR count). The molecule has 0 atom stereocenters. The normalized spacial score (nSPS) is 15.6. The quantitative estimate of drug-likeness (QED) is 0.480. The van der Waals surface area contributed by atoms with Gasteiger partial charge in [-0.05, 0) is 0 Å². The fraction of sp³-hybridized carbons (Fsp3) is 0.200. The fourth-order valence-electron chi connectivity index (χ4n) is 0.508. The molecule has 0 unspecified atom stereocenters. The Morgan fingerprint density at radius 3 is 1.91 bits per heavy atom. The van der Waals surface area contributed by atoms with Crippen molar-refractivity contribution < 1.29 is 9.59 Å². The number of rotatable bonds is 2. The van der Waals surface area contributed by atoms with Gasteiger partial charge < -0.3 is 0 Å². The molecular weight excluding hydrogens is 184 g/mol. The van der Waals surface area contributed by atoms with Crippen molar-refractivity contribution in [3.63, 3.8) is 0 Å². The Labute approximate surface area is 70.9 Å². The average Bonchev–Trinajstić information content (AvgIpc) is 2.39. The zero-order valence-electron chi connectivity index (χ0n) is 5.23. The molecule has 4 nitrogen and oxygen atoms in total. The summed E-state index contributed by atoms with van der Waals surface area (Å²) < 4.78 is 0. The molecule has 0 fully saturated rings. The van der Waals surface area contributed by atoms with Crippen molar-refractivity contribution in [2.45, 2.75) is 0 Å². The van der Waals surface area contributed by atoms with E-state index in [9.17, 15) is 9.59 Å². The summed E-state index contributed by atoms with van der Waals surface area (Å²) in [6.45, 7) is 0. The van der Waals surface area contributed by atoms with Gasteiger partial charge in [-0.15, -0.1) is 0 Å². The second-order valence-electron chi connectivity index (χ2n) is 1.42. The molecule has 0 spiro atoms. The van der Waals surface area contributed by atoms with Crippen molar-refractivity contribution >= 4 is 35.7 Å². The summed E-state index contributed by atoms with van der Waals surface area (Å²) >= 11 is 2.71. The SMILES string of the molecule is O=C=NC1=C(N=C=O)SCS1. The van der Waals surface area contributed by atoms with Gasteiger partial charge in [0.05, 0.1) is 5.08 Å². The van der Waals surface area contributed by atoms with Crippen molar-refractivity contribution in [2.75, 3.05) is 5.08 Å². The Bertz CT molecular complexity index is 259. The highest BCUT2D eigenvalue weighted by molar-refractivity contribution is 8.22. The van der Waals surface area contributed by atoms with E-state index >= 15 is 0 Å². The predicted octanol–water partition coefficient (Wildman–Crippen LogP) is 1.22. The Morgan fingerprint density at radius 2 is 1.55 bits per heavy atom. The minimum Gasteiger partial charge on any atom is -0.211 e. The van der Waals surface area contributed by atoms with E-state index in [0.717, 1.165) is 5.08 Å². The third-order valence-electron chi connectivity index (χ3n) is 0.869. The second-order valence-corrected chi connectivity index (χ2v) is 3.72. The van der Waals surface area contributed by atoms with Crippen LogP contribution in [-0.2, 0) is 9.59 Å². The lowest BCUT2D eigenvalue weighted by molar-refractivity contribution is 0.563. The van der Waals surface area contributed by atoms with Crippen LogP contribution in [0, 0.1) is 0 Å². The maximum atomic E-state index is 9.82. The number of nitrogens with zero attached hydrogens (tertiary/aromatic N) is 2. The molecule has 0 bridgehead atoms. The van der Waals surface area contributed by atoms with Gasteiger partial charge in [-0.25, -0.2) is 9.59 Å². The molecule has 0 saturated heterocycles. The summed E-state index contributed by atoms with van der Waals surface area (Å²) in [4.78, 5) is 26.4. The molecule has 1 heterocycles. The maximum absolute atomic E-state index is 9.82. The molecule has 1 aliphatic heterocycles. The van der Waals surface area contributed by atoms with Crippen LogP contribution in [0.2, 0.25) is 0 Å². The van der Waals surface area contributed by atoms with Crippen molar-refractivity contribution in [2.24, 2.45) is 9.98 Å². The van der Waals surface area contributed by atoms with Gasteiger partial charge >= 0.3 is 0 Å². The van der Waals surface area contributed by atoms with Crippen LogP contribution < -0.4 is 0 Å². The summed E-state index contributed by atoms with van der Waals surface area (Å²) in [5, 5.41) is 1.63. The monoisotopic (exact) mass is 186 g/mol. The van der Waals surface area contributed by atoms with Crippen LogP contribution in [0.1, 0.15) is 0 Å². The number of aliphatic imine (C=N–C) groups is 2. The summed E-state index contributed by atoms with van der Waals surface area (Å²) in [6, 6.07) is 0. The fourth-order valence-corrected chi connectivity index (χ4v) is 2.53. The molecule has 11 heavy (non-hydrogen) atoms. The van der Waals surface area contributed by atoms with Crippen LogP contribution >= 0.6 is 23.5 Å². The van der Waals surface area contributed by atoms with E-state index in [1.807, 2.05) is 0 Å². The van der Waals surface area contributed by atoms with Crippen molar-refractivity contribution in [3.05, 3.63) is 10.1 Å². The van der Waals surface area contributed by atoms with Crippen LogP contribution in [0.25, 0.3) is 0 Å². The molecule has 1 aliphatic rings. The first-order chi connectivity index (χ1) is 5.38. The topological polar surface area (TPSA) is 58.9 Å². The molecule has 0 aromatic carbocycles. The smallest absolute Gasteiger partial charge is 0.211 e. The Morgan fingerprint density at radius 1 is 1.09 bits per heavy atom. The minimum absolute atomic E-state index is 0.452. The van der Waals surface area contributed by atoms with Gasteiger partial charge in [0.2, 0.25) is 12.2 Å². The molecule has 0 amide bonds. The number of thioether (sulfide) groups is 2. The first-order valence-electron chi connectivity index (χ1n) is 2.54. The summed E-state index contributed by atoms with van der Waals surface area (Å²) in [5.41, 5.74) is 0. The molecule has 0 radical (unpaired) electrons. The molecular formula is C5H2N2O2S2. The van der Waals surface area contributed by atoms with E-state index in [1.165, 1.54) is 35.7 Å². The molecule has 0 aliphatic carbocycles. The second kappa shape index (κ2) is 4.16. The summed E-state index contributed by atoms with van der Waals surface area (Å²) in [5.74, 6) is 0. The van der Waals surface area contributed by atoms with E-state index in [2.05, 4.69) is 9.98 Å². The van der Waals surface area contributed by atoms with Crippen LogP contribution in [0.4, 0.5) is 0 Å². The number of hydrogen-bond acceptors (Lipinski definition) is 6. The third kappa shape index (κ3) is 2.06. The first kappa shape index (κ1) is 8.30. The number of carbonyl (C=O) groups excluding carboxylic acids is 2. The van der Waals surface area contributed by atoms with E-state index < -0.39 is 0 Å². The number of hydrogen-bond donors (Lipinski definition) is 0. The summed E-state index contributed by atoms with van der Waals surface area (Å²) in [6.07, 6.45) is 2.78. The highest BCUT2D eigenvalue weighted by atomic mass is 32.2. The number of isocyanates is 2. The zero-order valence-corrected chi connectivity index (χ0v) is 6.87. The van der Waals surface area contributed by atoms with E-state index in [4.69, 9.17) is 0 Å². The van der Waals surface area contributed by atoms with Gasteiger partial charge in [0, 0.05) is 0 Å². The van der Waals surface area contributed by atoms with Crippen molar-refractivity contribution in [1.82, 2.24) is 0 Å². The van der Waals surface area contributed by atoms with Crippen LogP contribution in [0.3, 0.4) is 0 Å². The van der Waals surface area contributed by atoms with Crippen LogP contribution in [0.15, 0.2) is 20.0 Å². The van der Waals surface area contributed by atoms with Gasteiger partial charge in [-0.1, -0.05) is 23.5 Å². The van der Waals surface area contributed by atoms with Crippen LogP contribution in [0.5, 0.6) is 0 Å². The summed E-state index contributed by atoms with van der Waals surface area (Å²) in [7, 11) is 0. The van der Waals surface area contributed by atoms with Gasteiger partial charge in [0.25, 0.3) is 0 Å². The molecule has 6 heteroatoms. The molecule has 0 saturated carbocycles. The van der Waals surface area contributed by atoms with Gasteiger partial charge in [0.15, 0.2) is 0 Å². The molecule has 56 valence electrons. The third-order valence-corrected chi connectivity index (χ3v) is 3.06. The van der Waals surface area contributed by atoms with E-state index in [1.54, 1.807) is 0 Å². The standard InChI is InChI=1S/C5H2N2O2S2/c8-1-6-4-5(7-2-9)11-3-10-4/h3H2. The largest absolute Gasteiger partial charge is 0.241 e. The van der Waals surface area contributed by atoms with Crippen molar-refractivity contribution in [1.29, 1.82) is 0 Å². The van der Waals surface area contributed by atoms with Gasteiger partial charge in [-0.2, -0.15) is 9.98 Å². The van der Waals surface area contributed by atoms with Gasteiger partial charge in [0.1, 0.15) is 10.1 Å². The lowest BCUT2D eigenvalue weighted by atomic mass is 10.9. The molecule has 0 N–H and O–H groups in total. The Balaban J connectivity index is 2.94. The Hall–Kier alpha value is -0.800. The van der Waals surface area contributed by atoms with Crippen molar-refractivity contribution in [3.8, 4) is 0 Å². The molecule has 0 aromatic rings. The highest BCUT2D eigenvalue weighted by Crippen LogP contribution is 2.39. The maximum Gasteiger partial charge on any atom is 0.241 e. The lowest BCUT2D eigenvalue weighted by Gasteiger charge is -1.84. The Kier molecular flexibility index (Phi) is 3.14.